The topological polar surface area (TPSA) is 63.4 Å². The second-order valence-corrected chi connectivity index (χ2v) is 6.45. The molecule has 1 aromatic rings. The molecule has 0 aromatic carbocycles. The molecule has 0 spiro atoms. The fourth-order valence-corrected chi connectivity index (χ4v) is 3.28. The molecule has 0 amide bonds. The van der Waals surface area contributed by atoms with Gasteiger partial charge in [-0.15, -0.1) is 11.6 Å². The van der Waals surface area contributed by atoms with Gasteiger partial charge in [-0.25, -0.2) is 8.42 Å². The van der Waals surface area contributed by atoms with Gasteiger partial charge in [-0.1, -0.05) is 5.16 Å². The molecule has 0 aliphatic rings. The van der Waals surface area contributed by atoms with E-state index in [1.165, 1.54) is 11.4 Å². The molecule has 1 rings (SSSR count). The highest BCUT2D eigenvalue weighted by Gasteiger charge is 2.28. The Bertz CT molecular complexity index is 448. The molecule has 0 radical (unpaired) electrons. The van der Waals surface area contributed by atoms with Crippen molar-refractivity contribution in [3.63, 3.8) is 0 Å². The van der Waals surface area contributed by atoms with E-state index < -0.39 is 10.0 Å². The van der Waals surface area contributed by atoms with Crippen LogP contribution in [0, 0.1) is 13.8 Å². The average molecular weight is 267 g/mol. The Balaban J connectivity index is 3.12. The SMILES string of the molecule is Cc1noc(C)c1S(=O)(=O)N(C)CC(C)Cl. The number of aryl methyl sites for hydroxylation is 2. The molecule has 0 saturated heterocycles. The highest BCUT2D eigenvalue weighted by atomic mass is 35.5. The fourth-order valence-electron chi connectivity index (χ4n) is 1.45. The maximum Gasteiger partial charge on any atom is 0.248 e. The van der Waals surface area contributed by atoms with Crippen LogP contribution in [0.2, 0.25) is 0 Å². The molecular formula is C9H15ClN2O3S. The molecule has 7 heteroatoms. The van der Waals surface area contributed by atoms with Gasteiger partial charge < -0.3 is 4.52 Å². The Morgan fingerprint density at radius 3 is 2.44 bits per heavy atom. The summed E-state index contributed by atoms with van der Waals surface area (Å²) in [5, 5.41) is 3.38. The average Bonchev–Trinajstić information content (AvgIpc) is 2.45. The van der Waals surface area contributed by atoms with Crippen LogP contribution in [0.1, 0.15) is 18.4 Å². The van der Waals surface area contributed by atoms with Gasteiger partial charge >= 0.3 is 0 Å². The first-order valence-corrected chi connectivity index (χ1v) is 6.67. The van der Waals surface area contributed by atoms with Crippen molar-refractivity contribution in [1.82, 2.24) is 9.46 Å². The lowest BCUT2D eigenvalue weighted by Crippen LogP contribution is -2.32. The Hall–Kier alpha value is -0.590. The summed E-state index contributed by atoms with van der Waals surface area (Å²) >= 11 is 5.77. The lowest BCUT2D eigenvalue weighted by atomic mass is 10.4. The second-order valence-electron chi connectivity index (χ2n) is 3.72. The molecule has 0 aliphatic heterocycles. The van der Waals surface area contributed by atoms with E-state index in [1.54, 1.807) is 20.8 Å². The molecular weight excluding hydrogens is 252 g/mol. The molecule has 16 heavy (non-hydrogen) atoms. The van der Waals surface area contributed by atoms with E-state index in [0.717, 1.165) is 0 Å². The van der Waals surface area contributed by atoms with E-state index in [0.29, 0.717) is 11.5 Å². The van der Waals surface area contributed by atoms with Gasteiger partial charge in [0.05, 0.1) is 0 Å². The third-order valence-corrected chi connectivity index (χ3v) is 4.35. The smallest absolute Gasteiger partial charge is 0.248 e. The number of rotatable bonds is 4. The largest absolute Gasteiger partial charge is 0.360 e. The van der Waals surface area contributed by atoms with E-state index in [2.05, 4.69) is 5.16 Å². The van der Waals surface area contributed by atoms with E-state index >= 15 is 0 Å². The van der Waals surface area contributed by atoms with Crippen LogP contribution in [-0.4, -0.2) is 36.8 Å². The van der Waals surface area contributed by atoms with Gasteiger partial charge in [0.1, 0.15) is 10.6 Å². The Kier molecular flexibility index (Phi) is 3.98. The van der Waals surface area contributed by atoms with E-state index in [4.69, 9.17) is 16.1 Å². The highest BCUT2D eigenvalue weighted by molar-refractivity contribution is 7.89. The molecule has 92 valence electrons. The maximum absolute atomic E-state index is 12.1. The quantitative estimate of drug-likeness (QED) is 0.776. The Morgan fingerprint density at radius 1 is 1.50 bits per heavy atom. The summed E-state index contributed by atoms with van der Waals surface area (Å²) in [6.07, 6.45) is 0. The van der Waals surface area contributed by atoms with Gasteiger partial charge in [0.2, 0.25) is 10.0 Å². The summed E-state index contributed by atoms with van der Waals surface area (Å²) in [5.41, 5.74) is 0.367. The number of hydrogen-bond donors (Lipinski definition) is 0. The molecule has 1 unspecified atom stereocenters. The molecule has 1 heterocycles. The van der Waals surface area contributed by atoms with Gasteiger partial charge in [0.15, 0.2) is 5.76 Å². The summed E-state index contributed by atoms with van der Waals surface area (Å²) < 4.78 is 30.3. The normalized spacial score (nSPS) is 14.4. The number of sulfonamides is 1. The molecule has 1 aromatic heterocycles. The molecule has 0 saturated carbocycles. The minimum atomic E-state index is -3.56. The van der Waals surface area contributed by atoms with Crippen molar-refractivity contribution < 1.29 is 12.9 Å². The monoisotopic (exact) mass is 266 g/mol. The van der Waals surface area contributed by atoms with Crippen LogP contribution in [0.3, 0.4) is 0 Å². The number of nitrogens with zero attached hydrogens (tertiary/aromatic N) is 2. The summed E-state index contributed by atoms with van der Waals surface area (Å²) in [4.78, 5) is 0.132. The van der Waals surface area contributed by atoms with E-state index in [9.17, 15) is 8.42 Å². The zero-order valence-electron chi connectivity index (χ0n) is 9.69. The third kappa shape index (κ3) is 2.56. The van der Waals surface area contributed by atoms with E-state index in [1.807, 2.05) is 0 Å². The fraction of sp³-hybridized carbons (Fsp3) is 0.667. The first kappa shape index (κ1) is 13.5. The zero-order valence-corrected chi connectivity index (χ0v) is 11.3. The van der Waals surface area contributed by atoms with Crippen molar-refractivity contribution >= 4 is 21.6 Å². The Labute approximate surface area is 100 Å². The van der Waals surface area contributed by atoms with Crippen molar-refractivity contribution in [2.45, 2.75) is 31.0 Å². The van der Waals surface area contributed by atoms with Gasteiger partial charge in [0, 0.05) is 19.0 Å². The standard InChI is InChI=1S/C9H15ClN2O3S/c1-6(10)5-12(4)16(13,14)9-7(2)11-15-8(9)3/h6H,5H2,1-4H3. The van der Waals surface area contributed by atoms with Crippen molar-refractivity contribution in [2.24, 2.45) is 0 Å². The number of halogens is 1. The molecule has 1 atom stereocenters. The third-order valence-electron chi connectivity index (χ3n) is 2.14. The number of aromatic nitrogens is 1. The van der Waals surface area contributed by atoms with Crippen LogP contribution in [0.25, 0.3) is 0 Å². The molecule has 0 N–H and O–H groups in total. The van der Waals surface area contributed by atoms with E-state index in [-0.39, 0.29) is 16.8 Å². The van der Waals surface area contributed by atoms with Gasteiger partial charge in [0.25, 0.3) is 0 Å². The van der Waals surface area contributed by atoms with Crippen molar-refractivity contribution in [1.29, 1.82) is 0 Å². The van der Waals surface area contributed by atoms with Crippen LogP contribution in [0.5, 0.6) is 0 Å². The second kappa shape index (κ2) is 4.73. The van der Waals surface area contributed by atoms with Crippen LogP contribution in [-0.2, 0) is 10.0 Å². The lowest BCUT2D eigenvalue weighted by molar-refractivity contribution is 0.389. The minimum absolute atomic E-state index is 0.132. The Morgan fingerprint density at radius 2 is 2.06 bits per heavy atom. The first-order valence-electron chi connectivity index (χ1n) is 4.80. The maximum atomic E-state index is 12.1. The summed E-state index contributed by atoms with van der Waals surface area (Å²) in [6, 6.07) is 0. The van der Waals surface area contributed by atoms with Crippen molar-refractivity contribution in [3.8, 4) is 0 Å². The van der Waals surface area contributed by atoms with Crippen molar-refractivity contribution in [2.75, 3.05) is 13.6 Å². The van der Waals surface area contributed by atoms with Gasteiger partial charge in [-0.2, -0.15) is 4.31 Å². The summed E-state index contributed by atoms with van der Waals surface area (Å²) in [7, 11) is -2.07. The molecule has 5 nitrogen and oxygen atoms in total. The lowest BCUT2D eigenvalue weighted by Gasteiger charge is -2.17. The summed E-state index contributed by atoms with van der Waals surface area (Å²) in [5.74, 6) is 0.298. The van der Waals surface area contributed by atoms with Crippen molar-refractivity contribution in [3.05, 3.63) is 11.5 Å². The van der Waals surface area contributed by atoms with Crippen LogP contribution < -0.4 is 0 Å². The van der Waals surface area contributed by atoms with Gasteiger partial charge in [-0.3, -0.25) is 0 Å². The minimum Gasteiger partial charge on any atom is -0.360 e. The summed E-state index contributed by atoms with van der Waals surface area (Å²) in [6.45, 7) is 5.15. The number of alkyl halides is 1. The highest BCUT2D eigenvalue weighted by Crippen LogP contribution is 2.22. The molecule has 0 aliphatic carbocycles. The van der Waals surface area contributed by atoms with Gasteiger partial charge in [-0.05, 0) is 20.8 Å². The van der Waals surface area contributed by atoms with Crippen LogP contribution in [0.4, 0.5) is 0 Å². The molecule has 0 fully saturated rings. The number of hydrogen-bond acceptors (Lipinski definition) is 4. The predicted octanol–water partition coefficient (Wildman–Crippen LogP) is 1.54. The zero-order chi connectivity index (χ0) is 12.5. The first-order chi connectivity index (χ1) is 7.26. The predicted molar refractivity (Wildman–Crippen MR) is 61.1 cm³/mol. The van der Waals surface area contributed by atoms with Crippen LogP contribution in [0.15, 0.2) is 9.42 Å². The molecule has 0 bridgehead atoms. The van der Waals surface area contributed by atoms with Crippen LogP contribution >= 0.6 is 11.6 Å².